The first-order valence-corrected chi connectivity index (χ1v) is 36.4. The van der Waals surface area contributed by atoms with E-state index in [9.17, 15) is 14.4 Å². The second-order valence-corrected chi connectivity index (χ2v) is 24.5. The van der Waals surface area contributed by atoms with E-state index >= 15 is 0 Å². The van der Waals surface area contributed by atoms with E-state index in [1.165, 1.54) is 244 Å². The first-order chi connectivity index (χ1) is 41.0. The monoisotopic (exact) mass is 1160 g/mol. The van der Waals surface area contributed by atoms with Crippen molar-refractivity contribution < 1.29 is 28.6 Å². The van der Waals surface area contributed by atoms with Crippen LogP contribution < -0.4 is 0 Å². The van der Waals surface area contributed by atoms with E-state index in [0.717, 1.165) is 96.3 Å². The molecule has 1 unspecified atom stereocenters. The summed E-state index contributed by atoms with van der Waals surface area (Å²) in [6.45, 7) is 6.56. The van der Waals surface area contributed by atoms with Gasteiger partial charge >= 0.3 is 17.9 Å². The van der Waals surface area contributed by atoms with Crippen LogP contribution in [0.1, 0.15) is 380 Å². The molecule has 0 radical (unpaired) electrons. The van der Waals surface area contributed by atoms with Crippen LogP contribution in [0.5, 0.6) is 0 Å². The molecule has 0 saturated heterocycles. The van der Waals surface area contributed by atoms with E-state index in [4.69, 9.17) is 14.2 Å². The number of hydrogen-bond donors (Lipinski definition) is 0. The maximum atomic E-state index is 12.9. The maximum absolute atomic E-state index is 12.9. The minimum Gasteiger partial charge on any atom is -0.462 e. The van der Waals surface area contributed by atoms with Crippen LogP contribution in [0.2, 0.25) is 0 Å². The Bertz CT molecular complexity index is 1520. The molecule has 0 rings (SSSR count). The summed E-state index contributed by atoms with van der Waals surface area (Å²) < 4.78 is 17.0. The van der Waals surface area contributed by atoms with Crippen LogP contribution in [0.4, 0.5) is 0 Å². The van der Waals surface area contributed by atoms with E-state index in [1.807, 2.05) is 0 Å². The molecule has 1 atom stereocenters. The molecule has 6 nitrogen and oxygen atoms in total. The van der Waals surface area contributed by atoms with Crippen molar-refractivity contribution in [3.05, 3.63) is 72.9 Å². The van der Waals surface area contributed by atoms with Crippen LogP contribution in [0.3, 0.4) is 0 Å². The molecule has 0 saturated carbocycles. The van der Waals surface area contributed by atoms with Gasteiger partial charge < -0.3 is 14.2 Å². The van der Waals surface area contributed by atoms with Crippen LogP contribution >= 0.6 is 0 Å². The highest BCUT2D eigenvalue weighted by Gasteiger charge is 2.19. The van der Waals surface area contributed by atoms with Gasteiger partial charge in [-0.1, -0.05) is 344 Å². The average Bonchev–Trinajstić information content (AvgIpc) is 3.49. The molecule has 6 heteroatoms. The Labute approximate surface area is 516 Å². The van der Waals surface area contributed by atoms with Crippen molar-refractivity contribution in [3.63, 3.8) is 0 Å². The first-order valence-electron chi connectivity index (χ1n) is 36.4. The third kappa shape index (κ3) is 69.5. The van der Waals surface area contributed by atoms with Crippen molar-refractivity contribution in [1.82, 2.24) is 0 Å². The van der Waals surface area contributed by atoms with E-state index in [0.29, 0.717) is 19.3 Å². The van der Waals surface area contributed by atoms with Crippen molar-refractivity contribution in [1.29, 1.82) is 0 Å². The Morgan fingerprint density at radius 3 is 0.771 bits per heavy atom. The Hall–Kier alpha value is -3.15. The third-order valence-electron chi connectivity index (χ3n) is 16.2. The smallest absolute Gasteiger partial charge is 0.306 e. The van der Waals surface area contributed by atoms with Crippen molar-refractivity contribution in [2.75, 3.05) is 13.2 Å². The molecule has 0 amide bonds. The van der Waals surface area contributed by atoms with Crippen molar-refractivity contribution in [3.8, 4) is 0 Å². The summed E-state index contributed by atoms with van der Waals surface area (Å²) in [7, 11) is 0. The lowest BCUT2D eigenvalue weighted by Crippen LogP contribution is -2.30. The molecular formula is C77H138O6. The summed E-state index contributed by atoms with van der Waals surface area (Å²) in [6, 6.07) is 0. The quantitative estimate of drug-likeness (QED) is 0.0261. The fourth-order valence-electron chi connectivity index (χ4n) is 10.8. The highest BCUT2D eigenvalue weighted by Crippen LogP contribution is 2.18. The minimum atomic E-state index is -0.775. The molecule has 0 aliphatic rings. The van der Waals surface area contributed by atoms with Gasteiger partial charge in [0.1, 0.15) is 13.2 Å². The molecule has 0 aromatic heterocycles. The zero-order chi connectivity index (χ0) is 59.9. The molecule has 0 spiro atoms. The normalized spacial score (nSPS) is 12.5. The third-order valence-corrected chi connectivity index (χ3v) is 16.2. The Kier molecular flexibility index (Phi) is 68.6. The molecule has 0 heterocycles. The molecule has 0 N–H and O–H groups in total. The second-order valence-electron chi connectivity index (χ2n) is 24.5. The summed E-state index contributed by atoms with van der Waals surface area (Å²) in [5, 5.41) is 0. The van der Waals surface area contributed by atoms with Gasteiger partial charge in [0.05, 0.1) is 0 Å². The molecule has 0 bridgehead atoms. The van der Waals surface area contributed by atoms with Crippen LogP contribution in [0.25, 0.3) is 0 Å². The highest BCUT2D eigenvalue weighted by atomic mass is 16.6. The zero-order valence-electron chi connectivity index (χ0n) is 55.5. The Morgan fingerprint density at radius 2 is 0.470 bits per heavy atom. The van der Waals surface area contributed by atoms with Gasteiger partial charge in [-0.3, -0.25) is 14.4 Å². The van der Waals surface area contributed by atoms with E-state index in [2.05, 4.69) is 93.7 Å². The van der Waals surface area contributed by atoms with Crippen LogP contribution in [0, 0.1) is 0 Å². The minimum absolute atomic E-state index is 0.0711. The van der Waals surface area contributed by atoms with Gasteiger partial charge in [0.2, 0.25) is 0 Å². The molecule has 83 heavy (non-hydrogen) atoms. The van der Waals surface area contributed by atoms with Gasteiger partial charge in [-0.2, -0.15) is 0 Å². The van der Waals surface area contributed by atoms with Gasteiger partial charge in [-0.25, -0.2) is 0 Å². The lowest BCUT2D eigenvalue weighted by Gasteiger charge is -2.18. The Morgan fingerprint density at radius 1 is 0.253 bits per heavy atom. The van der Waals surface area contributed by atoms with Crippen LogP contribution in [-0.4, -0.2) is 37.2 Å². The average molecular weight is 1160 g/mol. The number of allylic oxidation sites excluding steroid dienone is 12. The molecular weight excluding hydrogens is 1020 g/mol. The van der Waals surface area contributed by atoms with E-state index in [1.54, 1.807) is 0 Å². The molecule has 0 aliphatic carbocycles. The molecule has 0 aromatic carbocycles. The topological polar surface area (TPSA) is 78.9 Å². The standard InChI is InChI=1S/C77H138O6/c1-4-7-10-13-16-19-22-25-27-29-31-32-33-34-35-36-37-38-39-40-41-42-43-44-45-46-47-49-50-52-55-58-61-64-67-70-76(79)82-73-74(72-81-75(78)69-66-63-60-57-54-24-21-18-15-12-9-6-3)83-77(80)71-68-65-62-59-56-53-51-48-30-28-26-23-20-17-14-11-8-5-2/h7,10,16,18-19,21,25,27,31-32,34-35,74H,4-6,8-9,11-15,17,20,22-24,26,28-30,33,36-73H2,1-3H3/b10-7-,19-16-,21-18-,27-25-,32-31-,35-34-. The largest absolute Gasteiger partial charge is 0.462 e. The summed E-state index contributed by atoms with van der Waals surface area (Å²) in [5.41, 5.74) is 0. The number of hydrogen-bond acceptors (Lipinski definition) is 6. The number of carbonyl (C=O) groups is 3. The molecule has 0 aliphatic heterocycles. The van der Waals surface area contributed by atoms with Gasteiger partial charge in [-0.15, -0.1) is 0 Å². The number of esters is 3. The highest BCUT2D eigenvalue weighted by molar-refractivity contribution is 5.71. The van der Waals surface area contributed by atoms with Gasteiger partial charge in [0.15, 0.2) is 6.10 Å². The summed E-state index contributed by atoms with van der Waals surface area (Å²) >= 11 is 0. The van der Waals surface area contributed by atoms with Crippen LogP contribution in [0.15, 0.2) is 72.9 Å². The summed E-state index contributed by atoms with van der Waals surface area (Å²) in [5.74, 6) is -0.855. The predicted octanol–water partition coefficient (Wildman–Crippen LogP) is 25.2. The SMILES string of the molecule is CC/C=C\C/C=C\C/C=C\C/C=C\C/C=C\CCCCCCCCCCCCCCCCCCCCCC(=O)OCC(COC(=O)CCCCCCC/C=C\CCCCC)OC(=O)CCCCCCCCCCCCCCCCCCCC. The lowest BCUT2D eigenvalue weighted by atomic mass is 10.0. The molecule has 0 aromatic rings. The van der Waals surface area contributed by atoms with Gasteiger partial charge in [-0.05, 0) is 89.9 Å². The number of rotatable bonds is 67. The van der Waals surface area contributed by atoms with E-state index in [-0.39, 0.29) is 31.1 Å². The maximum Gasteiger partial charge on any atom is 0.306 e. The lowest BCUT2D eigenvalue weighted by molar-refractivity contribution is -0.167. The van der Waals surface area contributed by atoms with Crippen molar-refractivity contribution >= 4 is 17.9 Å². The van der Waals surface area contributed by atoms with Gasteiger partial charge in [0.25, 0.3) is 0 Å². The fourth-order valence-corrected chi connectivity index (χ4v) is 10.8. The van der Waals surface area contributed by atoms with Crippen molar-refractivity contribution in [2.45, 2.75) is 386 Å². The van der Waals surface area contributed by atoms with Crippen molar-refractivity contribution in [2.24, 2.45) is 0 Å². The number of ether oxygens (including phenoxy) is 3. The number of unbranched alkanes of at least 4 members (excludes halogenated alkanes) is 44. The fraction of sp³-hybridized carbons (Fsp3) is 0.805. The van der Waals surface area contributed by atoms with E-state index < -0.39 is 6.10 Å². The second kappa shape index (κ2) is 71.3. The molecule has 0 fully saturated rings. The van der Waals surface area contributed by atoms with Gasteiger partial charge in [0, 0.05) is 19.3 Å². The summed E-state index contributed by atoms with van der Waals surface area (Å²) in [6.07, 6.45) is 93.8. The number of carbonyl (C=O) groups excluding carboxylic acids is 3. The van der Waals surface area contributed by atoms with Crippen LogP contribution in [-0.2, 0) is 28.6 Å². The molecule has 482 valence electrons. The predicted molar refractivity (Wildman–Crippen MR) is 362 cm³/mol. The summed E-state index contributed by atoms with van der Waals surface area (Å²) in [4.78, 5) is 38.4. The first kappa shape index (κ1) is 79.8. The Balaban J connectivity index is 4.10. The zero-order valence-corrected chi connectivity index (χ0v) is 55.5.